The van der Waals surface area contributed by atoms with Crippen LogP contribution in [0.1, 0.15) is 37.6 Å². The van der Waals surface area contributed by atoms with E-state index in [0.717, 1.165) is 16.7 Å². The van der Waals surface area contributed by atoms with E-state index < -0.39 is 5.97 Å². The summed E-state index contributed by atoms with van der Waals surface area (Å²) in [5.41, 5.74) is 5.22. The third-order valence-corrected chi connectivity index (χ3v) is 7.10. The van der Waals surface area contributed by atoms with Gasteiger partial charge in [0.25, 0.3) is 0 Å². The molecule has 0 N–H and O–H groups in total. The summed E-state index contributed by atoms with van der Waals surface area (Å²) < 4.78 is 17.7. The number of esters is 1. The number of hydrogen-bond donors (Lipinski definition) is 0. The molecule has 0 saturated heterocycles. The fourth-order valence-electron chi connectivity index (χ4n) is 4.86. The molecule has 0 aliphatic carbocycles. The molecule has 5 aromatic carbocycles. The highest BCUT2D eigenvalue weighted by molar-refractivity contribution is 6.08. The summed E-state index contributed by atoms with van der Waals surface area (Å²) in [6.45, 7) is 2.13. The number of benzene rings is 5. The van der Waals surface area contributed by atoms with E-state index in [4.69, 9.17) is 13.9 Å². The third-order valence-electron chi connectivity index (χ3n) is 7.10. The minimum Gasteiger partial charge on any atom is -0.489 e. The van der Waals surface area contributed by atoms with Crippen LogP contribution in [0, 0.1) is 6.92 Å². The predicted octanol–water partition coefficient (Wildman–Crippen LogP) is 9.10. The second-order valence-electron chi connectivity index (χ2n) is 10.0. The average molecular weight is 565 g/mol. The minimum atomic E-state index is -0.555. The smallest absolute Gasteiger partial charge is 0.347 e. The Kier molecular flexibility index (Phi) is 7.96. The van der Waals surface area contributed by atoms with Gasteiger partial charge < -0.3 is 13.9 Å². The summed E-state index contributed by atoms with van der Waals surface area (Å²) in [4.78, 5) is 26.4. The molecule has 0 unspecified atom stereocenters. The standard InChI is InChI=1S/C38H28O5/c1-26-37(33-24-32(21-23-36(33)42-26)41-25-27-10-4-2-5-11-27)38(40)43-35-15-9-8-14-31(35)20-22-34(39)30-18-16-29(17-19-30)28-12-6-3-7-13-28/h2-24H,25H2,1H3/b22-20+. The van der Waals surface area contributed by atoms with E-state index in [0.29, 0.717) is 51.5 Å². The molecule has 1 heterocycles. The van der Waals surface area contributed by atoms with E-state index in [1.54, 1.807) is 43.3 Å². The van der Waals surface area contributed by atoms with Crippen LogP contribution in [0.25, 0.3) is 28.2 Å². The van der Waals surface area contributed by atoms with Crippen molar-refractivity contribution in [1.29, 1.82) is 0 Å². The lowest BCUT2D eigenvalue weighted by atomic mass is 10.0. The predicted molar refractivity (Wildman–Crippen MR) is 168 cm³/mol. The van der Waals surface area contributed by atoms with Crippen molar-refractivity contribution in [2.75, 3.05) is 0 Å². The zero-order chi connectivity index (χ0) is 29.6. The number of carbonyl (C=O) groups is 2. The Bertz CT molecular complexity index is 1920. The summed E-state index contributed by atoms with van der Waals surface area (Å²) in [7, 11) is 0. The van der Waals surface area contributed by atoms with E-state index >= 15 is 0 Å². The van der Waals surface area contributed by atoms with Crippen molar-refractivity contribution in [3.8, 4) is 22.6 Å². The zero-order valence-electron chi connectivity index (χ0n) is 23.5. The maximum atomic E-state index is 13.4. The molecule has 5 heteroatoms. The van der Waals surface area contributed by atoms with Gasteiger partial charge in [-0.05, 0) is 60.0 Å². The Morgan fingerprint density at radius 1 is 0.744 bits per heavy atom. The Labute approximate surface area is 249 Å². The van der Waals surface area contributed by atoms with Gasteiger partial charge in [-0.1, -0.05) is 103 Å². The highest BCUT2D eigenvalue weighted by atomic mass is 16.5. The molecule has 0 spiro atoms. The first-order chi connectivity index (χ1) is 21.0. The maximum Gasteiger partial charge on any atom is 0.347 e. The molecule has 5 nitrogen and oxygen atoms in total. The van der Waals surface area contributed by atoms with Gasteiger partial charge in [0.2, 0.25) is 0 Å². The first kappa shape index (κ1) is 27.5. The second-order valence-corrected chi connectivity index (χ2v) is 10.0. The number of aryl methyl sites for hydroxylation is 1. The Hall–Kier alpha value is -5.68. The molecule has 6 aromatic rings. The van der Waals surface area contributed by atoms with Crippen LogP contribution in [0.5, 0.6) is 11.5 Å². The summed E-state index contributed by atoms with van der Waals surface area (Å²) in [5.74, 6) is 0.689. The first-order valence-corrected chi connectivity index (χ1v) is 13.9. The largest absolute Gasteiger partial charge is 0.489 e. The monoisotopic (exact) mass is 564 g/mol. The number of ketones is 1. The van der Waals surface area contributed by atoms with Crippen molar-refractivity contribution in [2.45, 2.75) is 13.5 Å². The minimum absolute atomic E-state index is 0.152. The van der Waals surface area contributed by atoms with E-state index in [9.17, 15) is 9.59 Å². The normalized spacial score (nSPS) is 11.1. The Morgan fingerprint density at radius 2 is 1.42 bits per heavy atom. The molecule has 0 bridgehead atoms. The van der Waals surface area contributed by atoms with Gasteiger partial charge in [0.1, 0.15) is 35.0 Å². The summed E-state index contributed by atoms with van der Waals surface area (Å²) in [5, 5.41) is 0.607. The lowest BCUT2D eigenvalue weighted by Gasteiger charge is -2.08. The van der Waals surface area contributed by atoms with Gasteiger partial charge in [-0.2, -0.15) is 0 Å². The van der Waals surface area contributed by atoms with Crippen LogP contribution in [-0.4, -0.2) is 11.8 Å². The maximum absolute atomic E-state index is 13.4. The number of ether oxygens (including phenoxy) is 2. The fourth-order valence-corrected chi connectivity index (χ4v) is 4.86. The van der Waals surface area contributed by atoms with Crippen LogP contribution >= 0.6 is 0 Å². The lowest BCUT2D eigenvalue weighted by Crippen LogP contribution is -2.10. The Morgan fingerprint density at radius 3 is 2.19 bits per heavy atom. The molecule has 0 amide bonds. The van der Waals surface area contributed by atoms with Crippen molar-refractivity contribution >= 4 is 28.8 Å². The van der Waals surface area contributed by atoms with Crippen molar-refractivity contribution in [2.24, 2.45) is 0 Å². The molecule has 0 fully saturated rings. The van der Waals surface area contributed by atoms with E-state index in [-0.39, 0.29) is 5.78 Å². The van der Waals surface area contributed by atoms with Gasteiger partial charge in [0.15, 0.2) is 5.78 Å². The van der Waals surface area contributed by atoms with Gasteiger partial charge in [0, 0.05) is 16.5 Å². The Balaban J connectivity index is 1.18. The molecule has 0 atom stereocenters. The number of rotatable bonds is 9. The summed E-state index contributed by atoms with van der Waals surface area (Å²) in [6.07, 6.45) is 3.14. The number of hydrogen-bond acceptors (Lipinski definition) is 5. The average Bonchev–Trinajstić information content (AvgIpc) is 3.39. The number of furan rings is 1. The molecular formula is C38H28O5. The molecule has 0 radical (unpaired) electrons. The van der Waals surface area contributed by atoms with E-state index in [1.807, 2.05) is 97.1 Å². The third kappa shape index (κ3) is 6.31. The van der Waals surface area contributed by atoms with Crippen LogP contribution in [0.4, 0.5) is 0 Å². The highest BCUT2D eigenvalue weighted by Gasteiger charge is 2.22. The fraction of sp³-hybridized carbons (Fsp3) is 0.0526. The van der Waals surface area contributed by atoms with Crippen molar-refractivity contribution in [3.63, 3.8) is 0 Å². The number of carbonyl (C=O) groups excluding carboxylic acids is 2. The van der Waals surface area contributed by atoms with Crippen LogP contribution in [0.2, 0.25) is 0 Å². The van der Waals surface area contributed by atoms with Gasteiger partial charge in [-0.3, -0.25) is 4.79 Å². The van der Waals surface area contributed by atoms with Crippen LogP contribution < -0.4 is 9.47 Å². The molecule has 0 aliphatic heterocycles. The highest BCUT2D eigenvalue weighted by Crippen LogP contribution is 2.31. The lowest BCUT2D eigenvalue weighted by molar-refractivity contribution is 0.0734. The molecule has 6 rings (SSSR count). The molecule has 0 saturated carbocycles. The molecule has 210 valence electrons. The quantitative estimate of drug-likeness (QED) is 0.0758. The van der Waals surface area contributed by atoms with Crippen molar-refractivity contribution < 1.29 is 23.5 Å². The number of para-hydroxylation sites is 1. The number of fused-ring (bicyclic) bond motifs is 1. The second kappa shape index (κ2) is 12.5. The van der Waals surface area contributed by atoms with Gasteiger partial charge >= 0.3 is 5.97 Å². The van der Waals surface area contributed by atoms with Gasteiger partial charge in [-0.15, -0.1) is 0 Å². The topological polar surface area (TPSA) is 65.7 Å². The molecule has 0 aliphatic rings. The number of allylic oxidation sites excluding steroid dienone is 1. The van der Waals surface area contributed by atoms with Gasteiger partial charge in [0.05, 0.1) is 0 Å². The van der Waals surface area contributed by atoms with E-state index in [2.05, 4.69) is 0 Å². The first-order valence-electron chi connectivity index (χ1n) is 13.9. The SMILES string of the molecule is Cc1oc2ccc(OCc3ccccc3)cc2c1C(=O)Oc1ccccc1/C=C/C(=O)c1ccc(-c2ccccc2)cc1. The summed E-state index contributed by atoms with van der Waals surface area (Å²) in [6, 6.07) is 39.8. The van der Waals surface area contributed by atoms with E-state index in [1.165, 1.54) is 6.08 Å². The van der Waals surface area contributed by atoms with Crippen molar-refractivity contribution in [3.05, 3.63) is 161 Å². The van der Waals surface area contributed by atoms with Crippen LogP contribution in [0.15, 0.2) is 138 Å². The molecule has 43 heavy (non-hydrogen) atoms. The molecular weight excluding hydrogens is 536 g/mol. The van der Waals surface area contributed by atoms with Gasteiger partial charge in [-0.25, -0.2) is 4.79 Å². The van der Waals surface area contributed by atoms with Crippen LogP contribution in [-0.2, 0) is 6.61 Å². The van der Waals surface area contributed by atoms with Crippen molar-refractivity contribution in [1.82, 2.24) is 0 Å². The summed E-state index contributed by atoms with van der Waals surface area (Å²) >= 11 is 0. The molecule has 1 aromatic heterocycles. The zero-order valence-corrected chi connectivity index (χ0v) is 23.5. The van der Waals surface area contributed by atoms with Crippen LogP contribution in [0.3, 0.4) is 0 Å².